The van der Waals surface area contributed by atoms with Crippen LogP contribution in [0.1, 0.15) is 25.7 Å². The molecule has 1 aliphatic rings. The summed E-state index contributed by atoms with van der Waals surface area (Å²) in [5.74, 6) is 2.32. The predicted molar refractivity (Wildman–Crippen MR) is 46.5 cm³/mol. The highest BCUT2D eigenvalue weighted by molar-refractivity contribution is 7.80. The van der Waals surface area contributed by atoms with E-state index in [1.54, 1.807) is 0 Å². The van der Waals surface area contributed by atoms with Crippen LogP contribution in [0.3, 0.4) is 0 Å². The van der Waals surface area contributed by atoms with Gasteiger partial charge in [0.1, 0.15) is 0 Å². The Morgan fingerprint density at radius 1 is 1.70 bits per heavy atom. The lowest BCUT2D eigenvalue weighted by atomic mass is 9.91. The fraction of sp³-hybridized carbons (Fsp3) is 0.750. The third-order valence-corrected chi connectivity index (χ3v) is 2.29. The van der Waals surface area contributed by atoms with Gasteiger partial charge in [-0.2, -0.15) is 12.6 Å². The van der Waals surface area contributed by atoms with E-state index >= 15 is 0 Å². The molecule has 0 saturated carbocycles. The van der Waals surface area contributed by atoms with E-state index in [4.69, 9.17) is 5.11 Å². The second kappa shape index (κ2) is 3.91. The first-order chi connectivity index (χ1) is 4.83. The molecule has 2 heteroatoms. The largest absolute Gasteiger partial charge is 0.513 e. The molecular formula is C8H14OS. The van der Waals surface area contributed by atoms with Crippen molar-refractivity contribution in [2.24, 2.45) is 5.92 Å². The van der Waals surface area contributed by atoms with E-state index in [2.05, 4.69) is 12.6 Å². The number of hydrogen-bond acceptors (Lipinski definition) is 2. The molecule has 1 rings (SSSR count). The van der Waals surface area contributed by atoms with Crippen LogP contribution in [0.15, 0.2) is 11.8 Å². The second-order valence-corrected chi connectivity index (χ2v) is 3.30. The molecule has 0 aromatic carbocycles. The minimum Gasteiger partial charge on any atom is -0.513 e. The van der Waals surface area contributed by atoms with Crippen LogP contribution in [0, 0.1) is 5.92 Å². The standard InChI is InChI=1S/C8H14OS/c9-8-3-1-7(2-4-8)5-6-10/h3,7,9-10H,1-2,4-6H2. The van der Waals surface area contributed by atoms with E-state index in [0.717, 1.165) is 30.9 Å². The predicted octanol–water partition coefficient (Wildman–Crippen LogP) is 2.55. The number of aliphatic hydroxyl groups is 1. The number of hydrogen-bond donors (Lipinski definition) is 2. The average Bonchev–Trinajstić information content (AvgIpc) is 1.95. The van der Waals surface area contributed by atoms with E-state index in [0.29, 0.717) is 5.76 Å². The van der Waals surface area contributed by atoms with E-state index in [-0.39, 0.29) is 0 Å². The summed E-state index contributed by atoms with van der Waals surface area (Å²) in [5.41, 5.74) is 0. The SMILES string of the molecule is OC1=CCC(CCS)CC1. The van der Waals surface area contributed by atoms with Crippen LogP contribution in [0.2, 0.25) is 0 Å². The summed E-state index contributed by atoms with van der Waals surface area (Å²) in [6.07, 6.45) is 6.19. The highest BCUT2D eigenvalue weighted by atomic mass is 32.1. The summed E-state index contributed by atoms with van der Waals surface area (Å²) in [7, 11) is 0. The number of rotatable bonds is 2. The summed E-state index contributed by atoms with van der Waals surface area (Å²) in [4.78, 5) is 0. The van der Waals surface area contributed by atoms with Gasteiger partial charge in [-0.15, -0.1) is 0 Å². The molecule has 0 fully saturated rings. The monoisotopic (exact) mass is 158 g/mol. The van der Waals surface area contributed by atoms with E-state index in [1.807, 2.05) is 6.08 Å². The van der Waals surface area contributed by atoms with Gasteiger partial charge in [0, 0.05) is 6.42 Å². The van der Waals surface area contributed by atoms with Gasteiger partial charge in [0.2, 0.25) is 0 Å². The molecule has 0 saturated heterocycles. The van der Waals surface area contributed by atoms with Gasteiger partial charge in [-0.1, -0.05) is 0 Å². The first-order valence-electron chi connectivity index (χ1n) is 3.82. The normalized spacial score (nSPS) is 26.1. The maximum Gasteiger partial charge on any atom is 0.0883 e. The van der Waals surface area contributed by atoms with Gasteiger partial charge in [-0.05, 0) is 37.0 Å². The minimum absolute atomic E-state index is 0.579. The zero-order chi connectivity index (χ0) is 7.40. The topological polar surface area (TPSA) is 20.2 Å². The van der Waals surface area contributed by atoms with E-state index in [1.165, 1.54) is 6.42 Å². The zero-order valence-corrected chi connectivity index (χ0v) is 6.98. The van der Waals surface area contributed by atoms with Crippen LogP contribution in [0.5, 0.6) is 0 Å². The van der Waals surface area contributed by atoms with Crippen molar-refractivity contribution in [2.75, 3.05) is 5.75 Å². The van der Waals surface area contributed by atoms with Gasteiger partial charge in [-0.3, -0.25) is 0 Å². The second-order valence-electron chi connectivity index (χ2n) is 2.85. The third-order valence-electron chi connectivity index (χ3n) is 2.03. The lowest BCUT2D eigenvalue weighted by Gasteiger charge is -2.17. The van der Waals surface area contributed by atoms with Gasteiger partial charge in [-0.25, -0.2) is 0 Å². The number of thiol groups is 1. The molecule has 1 aliphatic carbocycles. The first kappa shape index (κ1) is 7.99. The molecule has 58 valence electrons. The molecule has 1 nitrogen and oxygen atoms in total. The van der Waals surface area contributed by atoms with Gasteiger partial charge < -0.3 is 5.11 Å². The fourth-order valence-corrected chi connectivity index (χ4v) is 1.68. The van der Waals surface area contributed by atoms with Crippen molar-refractivity contribution in [1.29, 1.82) is 0 Å². The van der Waals surface area contributed by atoms with E-state index in [9.17, 15) is 0 Å². The Morgan fingerprint density at radius 2 is 2.50 bits per heavy atom. The molecule has 0 bridgehead atoms. The molecule has 0 amide bonds. The van der Waals surface area contributed by atoms with Crippen molar-refractivity contribution >= 4 is 12.6 Å². The van der Waals surface area contributed by atoms with Gasteiger partial charge in [0.05, 0.1) is 5.76 Å². The maximum atomic E-state index is 9.04. The van der Waals surface area contributed by atoms with Crippen LogP contribution in [0.4, 0.5) is 0 Å². The summed E-state index contributed by atoms with van der Waals surface area (Å²) < 4.78 is 0. The van der Waals surface area contributed by atoms with Crippen LogP contribution >= 0.6 is 12.6 Å². The Balaban J connectivity index is 2.27. The Bertz CT molecular complexity index is 131. The van der Waals surface area contributed by atoms with E-state index < -0.39 is 0 Å². The molecule has 1 unspecified atom stereocenters. The highest BCUT2D eigenvalue weighted by Crippen LogP contribution is 2.24. The van der Waals surface area contributed by atoms with Crippen molar-refractivity contribution in [3.63, 3.8) is 0 Å². The molecule has 0 aromatic rings. The van der Waals surface area contributed by atoms with Gasteiger partial charge >= 0.3 is 0 Å². The lowest BCUT2D eigenvalue weighted by Crippen LogP contribution is -2.05. The smallest absolute Gasteiger partial charge is 0.0883 e. The molecule has 0 aromatic heterocycles. The Hall–Kier alpha value is -0.110. The van der Waals surface area contributed by atoms with Crippen molar-refractivity contribution in [1.82, 2.24) is 0 Å². The molecule has 0 radical (unpaired) electrons. The quantitative estimate of drug-likeness (QED) is 0.592. The molecule has 0 aliphatic heterocycles. The van der Waals surface area contributed by atoms with Crippen molar-refractivity contribution in [3.8, 4) is 0 Å². The average molecular weight is 158 g/mol. The van der Waals surface area contributed by atoms with Crippen molar-refractivity contribution in [2.45, 2.75) is 25.7 Å². The van der Waals surface area contributed by atoms with Crippen LogP contribution < -0.4 is 0 Å². The summed E-state index contributed by atoms with van der Waals surface area (Å²) in [6, 6.07) is 0. The van der Waals surface area contributed by atoms with Crippen LogP contribution in [-0.2, 0) is 0 Å². The highest BCUT2D eigenvalue weighted by Gasteiger charge is 2.12. The Labute approximate surface area is 67.5 Å². The Morgan fingerprint density at radius 3 is 3.00 bits per heavy atom. The maximum absolute atomic E-state index is 9.04. The number of allylic oxidation sites excluding steroid dienone is 2. The molecule has 0 heterocycles. The lowest BCUT2D eigenvalue weighted by molar-refractivity contribution is 0.333. The molecule has 1 atom stereocenters. The molecule has 10 heavy (non-hydrogen) atoms. The summed E-state index contributed by atoms with van der Waals surface area (Å²) in [5, 5.41) is 9.04. The van der Waals surface area contributed by atoms with Crippen LogP contribution in [-0.4, -0.2) is 10.9 Å². The van der Waals surface area contributed by atoms with Gasteiger partial charge in [0.25, 0.3) is 0 Å². The third kappa shape index (κ3) is 2.25. The number of aliphatic hydroxyl groups excluding tert-OH is 1. The first-order valence-corrected chi connectivity index (χ1v) is 4.45. The van der Waals surface area contributed by atoms with Crippen molar-refractivity contribution in [3.05, 3.63) is 11.8 Å². The molecule has 1 N–H and O–H groups in total. The fourth-order valence-electron chi connectivity index (χ4n) is 1.32. The molecule has 0 spiro atoms. The summed E-state index contributed by atoms with van der Waals surface area (Å²) >= 11 is 4.17. The minimum atomic E-state index is 0.579. The Kier molecular flexibility index (Phi) is 3.13. The van der Waals surface area contributed by atoms with Crippen LogP contribution in [0.25, 0.3) is 0 Å². The summed E-state index contributed by atoms with van der Waals surface area (Å²) in [6.45, 7) is 0. The van der Waals surface area contributed by atoms with Gasteiger partial charge in [0.15, 0.2) is 0 Å². The van der Waals surface area contributed by atoms with Crippen molar-refractivity contribution < 1.29 is 5.11 Å². The molecular weight excluding hydrogens is 144 g/mol. The zero-order valence-electron chi connectivity index (χ0n) is 6.08.